The van der Waals surface area contributed by atoms with Crippen LogP contribution < -0.4 is 19.1 Å². The molecule has 2 amide bonds. The Balaban J connectivity index is 1.73. The fourth-order valence-corrected chi connectivity index (χ4v) is 5.10. The van der Waals surface area contributed by atoms with Crippen molar-refractivity contribution in [2.24, 2.45) is 0 Å². The van der Waals surface area contributed by atoms with E-state index in [1.165, 1.54) is 9.21 Å². The summed E-state index contributed by atoms with van der Waals surface area (Å²) in [5, 5.41) is 3.29. The van der Waals surface area contributed by atoms with Crippen LogP contribution in [0.1, 0.15) is 32.3 Å². The summed E-state index contributed by atoms with van der Waals surface area (Å²) in [5.41, 5.74) is 1.22. The van der Waals surface area contributed by atoms with Gasteiger partial charge in [0, 0.05) is 37.1 Å². The zero-order valence-corrected chi connectivity index (χ0v) is 22.3. The number of anilines is 1. The Hall–Kier alpha value is -2.98. The highest BCUT2D eigenvalue weighted by atomic mass is 35.5. The number of hydrogen-bond donors (Lipinski definition) is 1. The number of hydrogen-bond acceptors (Lipinski definition) is 6. The lowest BCUT2D eigenvalue weighted by Gasteiger charge is -2.29. The number of amides is 2. The SMILES string of the molecule is CCNC(=O)C(C)N(Cc1cccc(Cl)c1)C(=O)CCCN(c1ccc2c(c1)OCCO2)S(C)(=O)=O. The maximum Gasteiger partial charge on any atom is 0.242 e. The number of sulfonamides is 1. The van der Waals surface area contributed by atoms with Crippen molar-refractivity contribution in [3.8, 4) is 11.5 Å². The van der Waals surface area contributed by atoms with Gasteiger partial charge in [-0.15, -0.1) is 0 Å². The van der Waals surface area contributed by atoms with Gasteiger partial charge in [-0.25, -0.2) is 8.42 Å². The molecule has 36 heavy (non-hydrogen) atoms. The van der Waals surface area contributed by atoms with Gasteiger partial charge in [-0.1, -0.05) is 23.7 Å². The lowest BCUT2D eigenvalue weighted by Crippen LogP contribution is -2.47. The van der Waals surface area contributed by atoms with Gasteiger partial charge in [-0.3, -0.25) is 13.9 Å². The topological polar surface area (TPSA) is 105 Å². The summed E-state index contributed by atoms with van der Waals surface area (Å²) in [7, 11) is -3.62. The average molecular weight is 538 g/mol. The Kier molecular flexibility index (Phi) is 9.44. The lowest BCUT2D eigenvalue weighted by atomic mass is 10.1. The molecule has 0 aromatic heterocycles. The second-order valence-electron chi connectivity index (χ2n) is 8.49. The number of ether oxygens (including phenoxy) is 2. The smallest absolute Gasteiger partial charge is 0.242 e. The molecule has 3 rings (SSSR count). The summed E-state index contributed by atoms with van der Waals surface area (Å²) in [5.74, 6) is 0.517. The van der Waals surface area contributed by atoms with E-state index < -0.39 is 16.1 Å². The molecule has 0 saturated carbocycles. The van der Waals surface area contributed by atoms with Crippen molar-refractivity contribution in [3.63, 3.8) is 0 Å². The molecule has 0 radical (unpaired) electrons. The number of rotatable bonds is 11. The molecule has 196 valence electrons. The molecule has 0 aliphatic carbocycles. The van der Waals surface area contributed by atoms with Crippen LogP contribution in [0.25, 0.3) is 0 Å². The Morgan fingerprint density at radius 3 is 2.50 bits per heavy atom. The summed E-state index contributed by atoms with van der Waals surface area (Å²) in [6.07, 6.45) is 1.43. The van der Waals surface area contributed by atoms with Gasteiger partial charge in [0.2, 0.25) is 21.8 Å². The Morgan fingerprint density at radius 2 is 1.83 bits per heavy atom. The van der Waals surface area contributed by atoms with Crippen LogP contribution in [-0.4, -0.2) is 63.7 Å². The normalized spacial score (nSPS) is 13.6. The molecule has 11 heteroatoms. The van der Waals surface area contributed by atoms with Crippen LogP contribution in [0.3, 0.4) is 0 Å². The van der Waals surface area contributed by atoms with Crippen molar-refractivity contribution in [1.29, 1.82) is 0 Å². The maximum absolute atomic E-state index is 13.3. The summed E-state index contributed by atoms with van der Waals surface area (Å²) in [4.78, 5) is 27.3. The highest BCUT2D eigenvalue weighted by molar-refractivity contribution is 7.92. The molecule has 2 aromatic carbocycles. The number of likely N-dealkylation sites (N-methyl/N-ethyl adjacent to an activating group) is 1. The first-order valence-corrected chi connectivity index (χ1v) is 14.0. The van der Waals surface area contributed by atoms with E-state index in [1.807, 2.05) is 13.0 Å². The van der Waals surface area contributed by atoms with Gasteiger partial charge in [-0.05, 0) is 50.1 Å². The minimum atomic E-state index is -3.62. The predicted molar refractivity (Wildman–Crippen MR) is 139 cm³/mol. The summed E-state index contributed by atoms with van der Waals surface area (Å²) < 4.78 is 37.4. The summed E-state index contributed by atoms with van der Waals surface area (Å²) >= 11 is 6.10. The Bertz CT molecular complexity index is 1190. The molecule has 0 bridgehead atoms. The first-order valence-electron chi connectivity index (χ1n) is 11.8. The standard InChI is InChI=1S/C25H32ClN3O6S/c1-4-27-25(31)18(2)28(17-19-7-5-8-20(26)15-19)24(30)9-6-12-29(36(3,32)33)21-10-11-22-23(16-21)35-14-13-34-22/h5,7-8,10-11,15-16,18H,4,6,9,12-14,17H2,1-3H3,(H,27,31). The van der Waals surface area contributed by atoms with Gasteiger partial charge in [0.05, 0.1) is 11.9 Å². The third kappa shape index (κ3) is 7.27. The van der Waals surface area contributed by atoms with Crippen LogP contribution in [0.2, 0.25) is 5.02 Å². The number of carbonyl (C=O) groups is 2. The fourth-order valence-electron chi connectivity index (χ4n) is 3.93. The Labute approximate surface area is 217 Å². The molecular weight excluding hydrogens is 506 g/mol. The molecule has 1 heterocycles. The minimum Gasteiger partial charge on any atom is -0.486 e. The lowest BCUT2D eigenvalue weighted by molar-refractivity contribution is -0.140. The van der Waals surface area contributed by atoms with Gasteiger partial charge in [-0.2, -0.15) is 0 Å². The third-order valence-corrected chi connectivity index (χ3v) is 7.16. The van der Waals surface area contributed by atoms with Crippen LogP contribution in [0.4, 0.5) is 5.69 Å². The van der Waals surface area contributed by atoms with Crippen LogP contribution in [-0.2, 0) is 26.2 Å². The molecule has 1 aliphatic heterocycles. The van der Waals surface area contributed by atoms with Gasteiger partial charge in [0.25, 0.3) is 0 Å². The number of nitrogens with zero attached hydrogens (tertiary/aromatic N) is 2. The second-order valence-corrected chi connectivity index (χ2v) is 10.8. The number of fused-ring (bicyclic) bond motifs is 1. The molecular formula is C25H32ClN3O6S. The van der Waals surface area contributed by atoms with Crippen molar-refractivity contribution in [2.75, 3.05) is 36.9 Å². The van der Waals surface area contributed by atoms with Crippen LogP contribution in [0.15, 0.2) is 42.5 Å². The second kappa shape index (κ2) is 12.3. The van der Waals surface area contributed by atoms with E-state index in [0.717, 1.165) is 11.8 Å². The van der Waals surface area contributed by atoms with Crippen molar-refractivity contribution in [3.05, 3.63) is 53.1 Å². The van der Waals surface area contributed by atoms with Crippen LogP contribution in [0, 0.1) is 0 Å². The molecule has 0 saturated heterocycles. The summed E-state index contributed by atoms with van der Waals surface area (Å²) in [6.45, 7) is 5.04. The molecule has 0 fully saturated rings. The molecule has 1 unspecified atom stereocenters. The third-order valence-electron chi connectivity index (χ3n) is 5.73. The number of carbonyl (C=O) groups excluding carboxylic acids is 2. The van der Waals surface area contributed by atoms with E-state index in [1.54, 1.807) is 43.3 Å². The molecule has 2 aromatic rings. The van der Waals surface area contributed by atoms with E-state index in [4.69, 9.17) is 21.1 Å². The zero-order valence-electron chi connectivity index (χ0n) is 20.7. The van der Waals surface area contributed by atoms with E-state index in [-0.39, 0.29) is 37.7 Å². The van der Waals surface area contributed by atoms with Gasteiger partial charge < -0.3 is 19.7 Å². The minimum absolute atomic E-state index is 0.0564. The first-order chi connectivity index (χ1) is 17.1. The molecule has 1 aliphatic rings. The van der Waals surface area contributed by atoms with Crippen molar-refractivity contribution >= 4 is 39.1 Å². The first kappa shape index (κ1) is 27.6. The van der Waals surface area contributed by atoms with Gasteiger partial charge in [0.15, 0.2) is 11.5 Å². The quantitative estimate of drug-likeness (QED) is 0.472. The van der Waals surface area contributed by atoms with E-state index >= 15 is 0 Å². The highest BCUT2D eigenvalue weighted by Gasteiger charge is 2.27. The highest BCUT2D eigenvalue weighted by Crippen LogP contribution is 2.34. The number of halogens is 1. The van der Waals surface area contributed by atoms with Gasteiger partial charge >= 0.3 is 0 Å². The van der Waals surface area contributed by atoms with Crippen molar-refractivity contribution in [1.82, 2.24) is 10.2 Å². The van der Waals surface area contributed by atoms with Crippen LogP contribution >= 0.6 is 11.6 Å². The average Bonchev–Trinajstić information content (AvgIpc) is 2.83. The van der Waals surface area contributed by atoms with E-state index in [0.29, 0.717) is 42.0 Å². The van der Waals surface area contributed by atoms with E-state index in [2.05, 4.69) is 5.32 Å². The number of benzene rings is 2. The Morgan fingerprint density at radius 1 is 1.11 bits per heavy atom. The molecule has 0 spiro atoms. The monoisotopic (exact) mass is 537 g/mol. The van der Waals surface area contributed by atoms with Crippen molar-refractivity contribution < 1.29 is 27.5 Å². The van der Waals surface area contributed by atoms with Gasteiger partial charge in [0.1, 0.15) is 19.3 Å². The largest absolute Gasteiger partial charge is 0.486 e. The molecule has 1 atom stereocenters. The molecule has 9 nitrogen and oxygen atoms in total. The molecule has 1 N–H and O–H groups in total. The van der Waals surface area contributed by atoms with Crippen molar-refractivity contribution in [2.45, 2.75) is 39.3 Å². The van der Waals surface area contributed by atoms with E-state index in [9.17, 15) is 18.0 Å². The number of nitrogens with one attached hydrogen (secondary N) is 1. The fraction of sp³-hybridized carbons (Fsp3) is 0.440. The zero-order chi connectivity index (χ0) is 26.3. The maximum atomic E-state index is 13.3. The summed E-state index contributed by atoms with van der Waals surface area (Å²) in [6, 6.07) is 11.4. The predicted octanol–water partition coefficient (Wildman–Crippen LogP) is 3.21. The van der Waals surface area contributed by atoms with Crippen LogP contribution in [0.5, 0.6) is 11.5 Å².